The van der Waals surface area contributed by atoms with Gasteiger partial charge >= 0.3 is 5.97 Å². The molecule has 0 aliphatic carbocycles. The van der Waals surface area contributed by atoms with Crippen LogP contribution in [0.25, 0.3) is 0 Å². The first-order chi connectivity index (χ1) is 10.3. The maximum atomic E-state index is 11.8. The van der Waals surface area contributed by atoms with E-state index in [4.69, 9.17) is 4.74 Å². The van der Waals surface area contributed by atoms with E-state index in [1.807, 2.05) is 0 Å². The molecule has 0 unspecified atom stereocenters. The zero-order valence-electron chi connectivity index (χ0n) is 13.6. The molecule has 22 heavy (non-hydrogen) atoms. The Balaban J connectivity index is 1.72. The van der Waals surface area contributed by atoms with Crippen LogP contribution in [0.5, 0.6) is 0 Å². The lowest BCUT2D eigenvalue weighted by Crippen LogP contribution is -2.44. The molecule has 6 nitrogen and oxygen atoms in total. The number of aromatic nitrogens is 2. The van der Waals surface area contributed by atoms with Gasteiger partial charge in [-0.05, 0) is 12.5 Å². The van der Waals surface area contributed by atoms with Gasteiger partial charge in [0.2, 0.25) is 0 Å². The van der Waals surface area contributed by atoms with Crippen molar-refractivity contribution in [2.75, 3.05) is 26.3 Å². The maximum absolute atomic E-state index is 11.8. The third-order valence-electron chi connectivity index (χ3n) is 5.00. The van der Waals surface area contributed by atoms with Crippen molar-refractivity contribution in [2.24, 2.45) is 11.3 Å². The number of aliphatic carboxylic acids is 1. The van der Waals surface area contributed by atoms with E-state index in [9.17, 15) is 9.90 Å². The Kier molecular flexibility index (Phi) is 3.77. The summed E-state index contributed by atoms with van der Waals surface area (Å²) < 4.78 is 5.50. The van der Waals surface area contributed by atoms with Gasteiger partial charge in [0.15, 0.2) is 0 Å². The number of fused-ring (bicyclic) bond motifs is 1. The number of aromatic amines is 1. The second-order valence-corrected chi connectivity index (χ2v) is 7.68. The number of carboxylic acids is 1. The number of rotatable bonds is 3. The highest BCUT2D eigenvalue weighted by Crippen LogP contribution is 2.42. The number of ether oxygens (including phenoxy) is 1. The van der Waals surface area contributed by atoms with Gasteiger partial charge in [0.25, 0.3) is 0 Å². The minimum atomic E-state index is -0.678. The largest absolute Gasteiger partial charge is 0.481 e. The molecule has 0 aromatic carbocycles. The van der Waals surface area contributed by atoms with Crippen LogP contribution in [0.4, 0.5) is 0 Å². The van der Waals surface area contributed by atoms with Gasteiger partial charge in [-0.15, -0.1) is 0 Å². The van der Waals surface area contributed by atoms with Crippen molar-refractivity contribution < 1.29 is 14.6 Å². The molecule has 0 amide bonds. The molecule has 0 spiro atoms. The molecule has 2 N–H and O–H groups in total. The molecule has 2 atom stereocenters. The highest BCUT2D eigenvalue weighted by atomic mass is 16.5. The average molecular weight is 307 g/mol. The lowest BCUT2D eigenvalue weighted by molar-refractivity contribution is -0.157. The minimum Gasteiger partial charge on any atom is -0.481 e. The van der Waals surface area contributed by atoms with Crippen LogP contribution >= 0.6 is 0 Å². The molecule has 2 aliphatic heterocycles. The molecule has 3 heterocycles. The van der Waals surface area contributed by atoms with Gasteiger partial charge in [-0.25, -0.2) is 0 Å². The highest BCUT2D eigenvalue weighted by Gasteiger charge is 2.53. The Morgan fingerprint density at radius 3 is 2.95 bits per heavy atom. The molecule has 122 valence electrons. The molecule has 1 aromatic heterocycles. The summed E-state index contributed by atoms with van der Waals surface area (Å²) in [4.78, 5) is 14.0. The van der Waals surface area contributed by atoms with E-state index in [-0.39, 0.29) is 11.3 Å². The molecule has 0 saturated carbocycles. The van der Waals surface area contributed by atoms with E-state index < -0.39 is 11.4 Å². The number of likely N-dealkylation sites (tertiary alicyclic amines) is 1. The van der Waals surface area contributed by atoms with Gasteiger partial charge in [-0.2, -0.15) is 5.10 Å². The van der Waals surface area contributed by atoms with E-state index in [2.05, 4.69) is 41.9 Å². The first-order valence-corrected chi connectivity index (χ1v) is 7.89. The van der Waals surface area contributed by atoms with Crippen molar-refractivity contribution in [1.82, 2.24) is 15.1 Å². The minimum absolute atomic E-state index is 0.0177. The molecule has 3 rings (SSSR count). The van der Waals surface area contributed by atoms with Crippen LogP contribution in [-0.2, 0) is 21.5 Å². The van der Waals surface area contributed by atoms with Crippen LogP contribution in [-0.4, -0.2) is 52.5 Å². The SMILES string of the molecule is CC(C)(C)c1cc(CN2C[C@@H]3COCC[C@]3(C(=O)O)C2)[nH]n1. The van der Waals surface area contributed by atoms with Gasteiger partial charge in [-0.1, -0.05) is 20.8 Å². The lowest BCUT2D eigenvalue weighted by atomic mass is 9.74. The quantitative estimate of drug-likeness (QED) is 0.887. The van der Waals surface area contributed by atoms with Gasteiger partial charge in [-0.3, -0.25) is 14.8 Å². The number of nitrogens with zero attached hydrogens (tertiary/aromatic N) is 2. The van der Waals surface area contributed by atoms with Gasteiger partial charge in [0.1, 0.15) is 0 Å². The van der Waals surface area contributed by atoms with Gasteiger partial charge < -0.3 is 9.84 Å². The Hall–Kier alpha value is -1.40. The van der Waals surface area contributed by atoms with E-state index in [1.165, 1.54) is 0 Å². The third kappa shape index (κ3) is 2.65. The standard InChI is InChI=1S/C16H25N3O3/c1-15(2,3)13-6-12(17-18-13)8-19-7-11-9-22-5-4-16(11,10-19)14(20)21/h6,11H,4-5,7-10H2,1-3H3,(H,17,18)(H,20,21)/t11-,16+/m1/s1. The van der Waals surface area contributed by atoms with E-state index in [0.29, 0.717) is 32.7 Å². The van der Waals surface area contributed by atoms with E-state index in [0.717, 1.165) is 17.9 Å². The Morgan fingerprint density at radius 1 is 1.59 bits per heavy atom. The van der Waals surface area contributed by atoms with Crippen molar-refractivity contribution in [3.05, 3.63) is 17.5 Å². The van der Waals surface area contributed by atoms with Crippen LogP contribution in [0.2, 0.25) is 0 Å². The van der Waals surface area contributed by atoms with Crippen molar-refractivity contribution in [3.8, 4) is 0 Å². The summed E-state index contributed by atoms with van der Waals surface area (Å²) in [7, 11) is 0. The first kappa shape index (κ1) is 15.5. The number of H-pyrrole nitrogens is 1. The van der Waals surface area contributed by atoms with Crippen LogP contribution in [0.15, 0.2) is 6.07 Å². The van der Waals surface area contributed by atoms with Gasteiger partial charge in [0.05, 0.1) is 17.7 Å². The van der Waals surface area contributed by atoms with E-state index >= 15 is 0 Å². The summed E-state index contributed by atoms with van der Waals surface area (Å²) in [5.74, 6) is -0.591. The second kappa shape index (κ2) is 5.35. The second-order valence-electron chi connectivity index (χ2n) is 7.68. The maximum Gasteiger partial charge on any atom is 0.311 e. The van der Waals surface area contributed by atoms with E-state index in [1.54, 1.807) is 0 Å². The summed E-state index contributed by atoms with van der Waals surface area (Å²) in [6, 6.07) is 2.09. The molecular formula is C16H25N3O3. The molecule has 2 fully saturated rings. The van der Waals surface area contributed by atoms with Crippen molar-refractivity contribution in [2.45, 2.75) is 39.2 Å². The van der Waals surface area contributed by atoms with Crippen LogP contribution in [0.1, 0.15) is 38.6 Å². The zero-order valence-corrected chi connectivity index (χ0v) is 13.6. The number of carbonyl (C=O) groups is 1. The predicted molar refractivity (Wildman–Crippen MR) is 81.6 cm³/mol. The smallest absolute Gasteiger partial charge is 0.311 e. The normalized spacial score (nSPS) is 29.5. The van der Waals surface area contributed by atoms with Crippen molar-refractivity contribution in [3.63, 3.8) is 0 Å². The number of carboxylic acid groups (broad SMARTS) is 1. The summed E-state index contributed by atoms with van der Waals surface area (Å²) in [6.45, 7) is 9.59. The summed E-state index contributed by atoms with van der Waals surface area (Å²) in [6.07, 6.45) is 0.611. The number of hydrogen-bond acceptors (Lipinski definition) is 4. The molecule has 0 bridgehead atoms. The first-order valence-electron chi connectivity index (χ1n) is 7.89. The summed E-state index contributed by atoms with van der Waals surface area (Å²) in [5.41, 5.74) is 1.47. The Morgan fingerprint density at radius 2 is 2.36 bits per heavy atom. The molecule has 2 saturated heterocycles. The summed E-state index contributed by atoms with van der Waals surface area (Å²) in [5, 5.41) is 17.2. The van der Waals surface area contributed by atoms with Crippen LogP contribution < -0.4 is 0 Å². The van der Waals surface area contributed by atoms with Crippen LogP contribution in [0, 0.1) is 11.3 Å². The highest BCUT2D eigenvalue weighted by molar-refractivity contribution is 5.76. The zero-order chi connectivity index (χ0) is 16.0. The fourth-order valence-electron chi connectivity index (χ4n) is 3.59. The summed E-state index contributed by atoms with van der Waals surface area (Å²) >= 11 is 0. The molecule has 0 radical (unpaired) electrons. The molecule has 6 heteroatoms. The Labute approximate surface area is 130 Å². The fourth-order valence-corrected chi connectivity index (χ4v) is 3.59. The average Bonchev–Trinajstić information content (AvgIpc) is 3.02. The Bertz CT molecular complexity index is 563. The lowest BCUT2D eigenvalue weighted by Gasteiger charge is -2.34. The van der Waals surface area contributed by atoms with Crippen molar-refractivity contribution >= 4 is 5.97 Å². The van der Waals surface area contributed by atoms with Gasteiger partial charge in [0, 0.05) is 43.3 Å². The number of nitrogens with one attached hydrogen (secondary N) is 1. The van der Waals surface area contributed by atoms with Crippen molar-refractivity contribution in [1.29, 1.82) is 0 Å². The van der Waals surface area contributed by atoms with Crippen LogP contribution in [0.3, 0.4) is 0 Å². The fraction of sp³-hybridized carbons (Fsp3) is 0.750. The third-order valence-corrected chi connectivity index (χ3v) is 5.00. The molecule has 1 aromatic rings. The predicted octanol–water partition coefficient (Wildman–Crippen LogP) is 1.63. The number of hydrogen-bond donors (Lipinski definition) is 2. The topological polar surface area (TPSA) is 78.5 Å². The molecule has 2 aliphatic rings. The molecular weight excluding hydrogens is 282 g/mol. The monoisotopic (exact) mass is 307 g/mol.